The Morgan fingerprint density at radius 3 is 2.19 bits per heavy atom. The molecule has 3 nitrogen and oxygen atoms in total. The predicted molar refractivity (Wildman–Crippen MR) is 68.7 cm³/mol. The molecule has 0 aromatic rings. The molecule has 3 heteroatoms. The smallest absolute Gasteiger partial charge is 0.0623 e. The average molecular weight is 228 g/mol. The van der Waals surface area contributed by atoms with Gasteiger partial charge in [0, 0.05) is 6.54 Å². The number of aliphatic hydroxyl groups is 1. The molecule has 0 aromatic carbocycles. The second-order valence-corrected chi connectivity index (χ2v) is 5.29. The van der Waals surface area contributed by atoms with Crippen LogP contribution >= 0.6 is 0 Å². The number of likely N-dealkylation sites (tertiary alicyclic amines) is 1. The van der Waals surface area contributed by atoms with E-state index in [1.165, 1.54) is 45.2 Å². The van der Waals surface area contributed by atoms with Crippen LogP contribution in [0.25, 0.3) is 0 Å². The minimum absolute atomic E-state index is 0.131. The Kier molecular flexibility index (Phi) is 6.32. The first-order chi connectivity index (χ1) is 7.70. The quantitative estimate of drug-likeness (QED) is 0.750. The van der Waals surface area contributed by atoms with E-state index in [9.17, 15) is 5.11 Å². The molecule has 96 valence electrons. The standard InChI is InChI=1S/C13H28N2O/c1-3-14-13(2,12-16)11-15-9-7-5-4-6-8-10-15/h14,16H,3-12H2,1-2H3. The van der Waals surface area contributed by atoms with Crippen molar-refractivity contribution in [3.05, 3.63) is 0 Å². The third kappa shape index (κ3) is 4.81. The first-order valence-corrected chi connectivity index (χ1v) is 6.78. The van der Waals surface area contributed by atoms with Crippen LogP contribution in [0.3, 0.4) is 0 Å². The van der Waals surface area contributed by atoms with Crippen LogP contribution < -0.4 is 5.32 Å². The van der Waals surface area contributed by atoms with Crippen LogP contribution in [0.1, 0.15) is 46.0 Å². The second kappa shape index (κ2) is 7.25. The highest BCUT2D eigenvalue weighted by Crippen LogP contribution is 2.13. The lowest BCUT2D eigenvalue weighted by molar-refractivity contribution is 0.116. The summed E-state index contributed by atoms with van der Waals surface area (Å²) in [5.74, 6) is 0. The van der Waals surface area contributed by atoms with Gasteiger partial charge >= 0.3 is 0 Å². The minimum atomic E-state index is -0.131. The summed E-state index contributed by atoms with van der Waals surface area (Å²) < 4.78 is 0. The molecular formula is C13H28N2O. The molecule has 2 N–H and O–H groups in total. The van der Waals surface area contributed by atoms with Crippen LogP contribution in [-0.4, -0.2) is 48.3 Å². The zero-order chi connectivity index (χ0) is 11.9. The van der Waals surface area contributed by atoms with Gasteiger partial charge in [0.05, 0.1) is 12.1 Å². The number of hydrogen-bond donors (Lipinski definition) is 2. The van der Waals surface area contributed by atoms with Gasteiger partial charge in [-0.3, -0.25) is 0 Å². The average Bonchev–Trinajstić information content (AvgIpc) is 2.22. The summed E-state index contributed by atoms with van der Waals surface area (Å²) in [4.78, 5) is 2.51. The SMILES string of the molecule is CCNC(C)(CO)CN1CCCCCCC1. The summed E-state index contributed by atoms with van der Waals surface area (Å²) in [6.45, 7) is 8.72. The molecule has 1 aliphatic rings. The van der Waals surface area contributed by atoms with E-state index in [2.05, 4.69) is 24.1 Å². The molecule has 0 amide bonds. The van der Waals surface area contributed by atoms with Crippen LogP contribution in [0, 0.1) is 0 Å². The normalized spacial score (nSPS) is 23.4. The Balaban J connectivity index is 2.41. The number of nitrogens with zero attached hydrogens (tertiary/aromatic N) is 1. The van der Waals surface area contributed by atoms with E-state index in [1.807, 2.05) is 0 Å². The topological polar surface area (TPSA) is 35.5 Å². The molecule has 1 saturated heterocycles. The van der Waals surface area contributed by atoms with Crippen molar-refractivity contribution in [3.63, 3.8) is 0 Å². The number of rotatable bonds is 5. The first-order valence-electron chi connectivity index (χ1n) is 6.78. The van der Waals surface area contributed by atoms with Gasteiger partial charge < -0.3 is 15.3 Å². The minimum Gasteiger partial charge on any atom is -0.394 e. The number of aliphatic hydroxyl groups excluding tert-OH is 1. The van der Waals surface area contributed by atoms with Crippen molar-refractivity contribution in [2.24, 2.45) is 0 Å². The molecule has 0 radical (unpaired) electrons. The second-order valence-electron chi connectivity index (χ2n) is 5.29. The van der Waals surface area contributed by atoms with Crippen molar-refractivity contribution in [2.45, 2.75) is 51.5 Å². The molecule has 0 saturated carbocycles. The van der Waals surface area contributed by atoms with E-state index in [0.29, 0.717) is 0 Å². The first kappa shape index (κ1) is 13.9. The van der Waals surface area contributed by atoms with E-state index in [-0.39, 0.29) is 12.1 Å². The van der Waals surface area contributed by atoms with Gasteiger partial charge in [0.15, 0.2) is 0 Å². The maximum absolute atomic E-state index is 9.48. The zero-order valence-corrected chi connectivity index (χ0v) is 11.0. The monoisotopic (exact) mass is 228 g/mol. The van der Waals surface area contributed by atoms with E-state index < -0.39 is 0 Å². The van der Waals surface area contributed by atoms with Gasteiger partial charge in [0.25, 0.3) is 0 Å². The van der Waals surface area contributed by atoms with Crippen molar-refractivity contribution >= 4 is 0 Å². The van der Waals surface area contributed by atoms with E-state index in [1.54, 1.807) is 0 Å². The molecule has 1 aliphatic heterocycles. The fraction of sp³-hybridized carbons (Fsp3) is 1.00. The molecule has 1 heterocycles. The number of hydrogen-bond acceptors (Lipinski definition) is 3. The zero-order valence-electron chi connectivity index (χ0n) is 11.0. The van der Waals surface area contributed by atoms with Gasteiger partial charge in [-0.15, -0.1) is 0 Å². The Morgan fingerprint density at radius 2 is 1.69 bits per heavy atom. The molecule has 16 heavy (non-hydrogen) atoms. The highest BCUT2D eigenvalue weighted by atomic mass is 16.3. The van der Waals surface area contributed by atoms with Gasteiger partial charge in [-0.05, 0) is 39.4 Å². The van der Waals surface area contributed by atoms with E-state index >= 15 is 0 Å². The molecule has 0 aromatic heterocycles. The van der Waals surface area contributed by atoms with Crippen LogP contribution in [0.15, 0.2) is 0 Å². The van der Waals surface area contributed by atoms with Crippen molar-refractivity contribution < 1.29 is 5.11 Å². The van der Waals surface area contributed by atoms with Crippen molar-refractivity contribution in [1.82, 2.24) is 10.2 Å². The van der Waals surface area contributed by atoms with Gasteiger partial charge in [-0.25, -0.2) is 0 Å². The maximum Gasteiger partial charge on any atom is 0.0623 e. The van der Waals surface area contributed by atoms with Gasteiger partial charge in [-0.1, -0.05) is 26.2 Å². The van der Waals surface area contributed by atoms with E-state index in [4.69, 9.17) is 0 Å². The van der Waals surface area contributed by atoms with Crippen molar-refractivity contribution in [1.29, 1.82) is 0 Å². The van der Waals surface area contributed by atoms with Crippen LogP contribution in [0.2, 0.25) is 0 Å². The molecule has 1 atom stereocenters. The Bertz CT molecular complexity index is 179. The maximum atomic E-state index is 9.48. The molecule has 0 spiro atoms. The highest BCUT2D eigenvalue weighted by Gasteiger charge is 2.25. The summed E-state index contributed by atoms with van der Waals surface area (Å²) in [7, 11) is 0. The predicted octanol–water partition coefficient (Wildman–Crippen LogP) is 1.61. The van der Waals surface area contributed by atoms with E-state index in [0.717, 1.165) is 13.1 Å². The lowest BCUT2D eigenvalue weighted by Crippen LogP contribution is -2.54. The van der Waals surface area contributed by atoms with Crippen LogP contribution in [0.4, 0.5) is 0 Å². The van der Waals surface area contributed by atoms with Crippen molar-refractivity contribution in [2.75, 3.05) is 32.8 Å². The lowest BCUT2D eigenvalue weighted by atomic mass is 10.0. The molecule has 1 unspecified atom stereocenters. The van der Waals surface area contributed by atoms with Crippen LogP contribution in [-0.2, 0) is 0 Å². The third-order valence-corrected chi connectivity index (χ3v) is 3.47. The fourth-order valence-corrected chi connectivity index (χ4v) is 2.55. The number of nitrogens with one attached hydrogen (secondary N) is 1. The van der Waals surface area contributed by atoms with Gasteiger partial charge in [-0.2, -0.15) is 0 Å². The summed E-state index contributed by atoms with van der Waals surface area (Å²) in [5, 5.41) is 12.9. The third-order valence-electron chi connectivity index (χ3n) is 3.47. The highest BCUT2D eigenvalue weighted by molar-refractivity contribution is 4.86. The molecule has 1 rings (SSSR count). The van der Waals surface area contributed by atoms with Gasteiger partial charge in [0.2, 0.25) is 0 Å². The lowest BCUT2D eigenvalue weighted by Gasteiger charge is -2.35. The largest absolute Gasteiger partial charge is 0.394 e. The summed E-state index contributed by atoms with van der Waals surface area (Å²) in [5.41, 5.74) is -0.131. The molecular weight excluding hydrogens is 200 g/mol. The summed E-state index contributed by atoms with van der Waals surface area (Å²) >= 11 is 0. The Hall–Kier alpha value is -0.120. The Morgan fingerprint density at radius 1 is 1.12 bits per heavy atom. The Labute approximate surface area is 100 Å². The number of likely N-dealkylation sites (N-methyl/N-ethyl adjacent to an activating group) is 1. The fourth-order valence-electron chi connectivity index (χ4n) is 2.55. The molecule has 0 bridgehead atoms. The van der Waals surface area contributed by atoms with Crippen LogP contribution in [0.5, 0.6) is 0 Å². The van der Waals surface area contributed by atoms with Gasteiger partial charge in [0.1, 0.15) is 0 Å². The summed E-state index contributed by atoms with van der Waals surface area (Å²) in [6, 6.07) is 0. The molecule has 1 fully saturated rings. The molecule has 0 aliphatic carbocycles. The van der Waals surface area contributed by atoms with Crippen molar-refractivity contribution in [3.8, 4) is 0 Å². The summed E-state index contributed by atoms with van der Waals surface area (Å²) in [6.07, 6.45) is 6.76.